The highest BCUT2D eigenvalue weighted by Crippen LogP contribution is 2.29. The van der Waals surface area contributed by atoms with E-state index < -0.39 is 17.3 Å². The molecular weight excluding hydrogens is 545 g/mol. The number of benzene rings is 2. The van der Waals surface area contributed by atoms with Crippen molar-refractivity contribution in [2.45, 2.75) is 51.2 Å². The number of rotatable bonds is 12. The van der Waals surface area contributed by atoms with Gasteiger partial charge in [-0.1, -0.05) is 36.4 Å². The lowest BCUT2D eigenvalue weighted by molar-refractivity contribution is -0.384. The Labute approximate surface area is 233 Å². The SMILES string of the molecule is O=C(O)c1ccccc1CN[C@H]1CC[C@H](CNc2nc(NCc3ccccc3OC(F)(F)F)ncc2[N+](=O)[O-])CC1. The fraction of sp³-hybridized carbons (Fsp3) is 0.370. The summed E-state index contributed by atoms with van der Waals surface area (Å²) in [5.41, 5.74) is 0.889. The largest absolute Gasteiger partial charge is 0.573 e. The second kappa shape index (κ2) is 13.3. The first-order chi connectivity index (χ1) is 19.6. The first kappa shape index (κ1) is 29.5. The second-order valence-electron chi connectivity index (χ2n) is 9.64. The van der Waals surface area contributed by atoms with Gasteiger partial charge in [-0.2, -0.15) is 4.98 Å². The minimum Gasteiger partial charge on any atom is -0.478 e. The molecular formula is C27H29F3N6O5. The minimum atomic E-state index is -4.85. The minimum absolute atomic E-state index is 0.00876. The number of anilines is 2. The molecule has 41 heavy (non-hydrogen) atoms. The van der Waals surface area contributed by atoms with Crippen molar-refractivity contribution < 1.29 is 32.7 Å². The van der Waals surface area contributed by atoms with Crippen LogP contribution in [0.1, 0.15) is 47.2 Å². The second-order valence-corrected chi connectivity index (χ2v) is 9.64. The van der Waals surface area contributed by atoms with Gasteiger partial charge in [-0.3, -0.25) is 10.1 Å². The molecule has 0 radical (unpaired) electrons. The van der Waals surface area contributed by atoms with E-state index in [4.69, 9.17) is 0 Å². The van der Waals surface area contributed by atoms with Gasteiger partial charge in [0, 0.05) is 31.2 Å². The van der Waals surface area contributed by atoms with Crippen LogP contribution in [0, 0.1) is 16.0 Å². The molecule has 1 saturated carbocycles. The van der Waals surface area contributed by atoms with Gasteiger partial charge >= 0.3 is 18.0 Å². The van der Waals surface area contributed by atoms with Gasteiger partial charge in [0.2, 0.25) is 11.8 Å². The zero-order chi connectivity index (χ0) is 29.4. The fourth-order valence-corrected chi connectivity index (χ4v) is 4.72. The first-order valence-electron chi connectivity index (χ1n) is 13.0. The Bertz CT molecular complexity index is 1370. The highest BCUT2D eigenvalue weighted by Gasteiger charge is 2.32. The maximum absolute atomic E-state index is 12.7. The number of carboxylic acids is 1. The van der Waals surface area contributed by atoms with E-state index in [1.807, 2.05) is 0 Å². The molecule has 1 heterocycles. The Kier molecular flexibility index (Phi) is 9.55. The summed E-state index contributed by atoms with van der Waals surface area (Å²) in [6, 6.07) is 12.7. The number of halogens is 3. The summed E-state index contributed by atoms with van der Waals surface area (Å²) < 4.78 is 42.2. The van der Waals surface area contributed by atoms with Crippen LogP contribution in [0.4, 0.5) is 30.6 Å². The number of carbonyl (C=O) groups is 1. The van der Waals surface area contributed by atoms with Crippen LogP contribution in [0.5, 0.6) is 5.75 Å². The van der Waals surface area contributed by atoms with E-state index in [0.717, 1.165) is 37.4 Å². The van der Waals surface area contributed by atoms with Crippen LogP contribution in [0.15, 0.2) is 54.7 Å². The summed E-state index contributed by atoms with van der Waals surface area (Å²) in [5.74, 6) is -1.08. The Morgan fingerprint density at radius 3 is 2.39 bits per heavy atom. The summed E-state index contributed by atoms with van der Waals surface area (Å²) in [6.45, 7) is 0.789. The third-order valence-electron chi connectivity index (χ3n) is 6.84. The Hall–Kier alpha value is -4.46. The smallest absolute Gasteiger partial charge is 0.478 e. The maximum atomic E-state index is 12.7. The molecule has 4 N–H and O–H groups in total. The molecule has 11 nitrogen and oxygen atoms in total. The maximum Gasteiger partial charge on any atom is 0.573 e. The van der Waals surface area contributed by atoms with Gasteiger partial charge in [0.15, 0.2) is 0 Å². The number of aromatic carboxylic acids is 1. The number of hydrogen-bond acceptors (Lipinski definition) is 9. The zero-order valence-electron chi connectivity index (χ0n) is 21.9. The normalized spacial score (nSPS) is 17.0. The van der Waals surface area contributed by atoms with Crippen LogP contribution in [0.25, 0.3) is 0 Å². The monoisotopic (exact) mass is 574 g/mol. The van der Waals surface area contributed by atoms with E-state index in [-0.39, 0.29) is 52.8 Å². The average Bonchev–Trinajstić information content (AvgIpc) is 2.94. The van der Waals surface area contributed by atoms with Crippen LogP contribution in [-0.2, 0) is 13.1 Å². The third kappa shape index (κ3) is 8.51. The van der Waals surface area contributed by atoms with E-state index in [0.29, 0.717) is 13.1 Å². The summed E-state index contributed by atoms with van der Waals surface area (Å²) in [7, 11) is 0. The quantitative estimate of drug-likeness (QED) is 0.164. The van der Waals surface area contributed by atoms with E-state index in [1.54, 1.807) is 30.3 Å². The van der Waals surface area contributed by atoms with Gasteiger partial charge in [0.05, 0.1) is 10.5 Å². The molecule has 4 rings (SSSR count). The molecule has 0 saturated heterocycles. The Balaban J connectivity index is 1.31. The van der Waals surface area contributed by atoms with Crippen molar-refractivity contribution in [3.05, 3.63) is 81.5 Å². The van der Waals surface area contributed by atoms with E-state index in [2.05, 4.69) is 30.7 Å². The third-order valence-corrected chi connectivity index (χ3v) is 6.84. The van der Waals surface area contributed by atoms with Crippen molar-refractivity contribution in [1.82, 2.24) is 15.3 Å². The zero-order valence-corrected chi connectivity index (χ0v) is 21.9. The van der Waals surface area contributed by atoms with E-state index in [9.17, 15) is 33.2 Å². The van der Waals surface area contributed by atoms with Crippen LogP contribution in [-0.4, -0.2) is 44.9 Å². The molecule has 0 bridgehead atoms. The highest BCUT2D eigenvalue weighted by atomic mass is 19.4. The molecule has 218 valence electrons. The number of carboxylic acid groups (broad SMARTS) is 1. The van der Waals surface area contributed by atoms with E-state index >= 15 is 0 Å². The predicted molar refractivity (Wildman–Crippen MR) is 144 cm³/mol. The summed E-state index contributed by atoms with van der Waals surface area (Å²) in [4.78, 5) is 30.5. The van der Waals surface area contributed by atoms with Crippen LogP contribution >= 0.6 is 0 Å². The molecule has 2 aromatic carbocycles. The van der Waals surface area contributed by atoms with Gasteiger partial charge in [0.1, 0.15) is 11.9 Å². The molecule has 1 aliphatic carbocycles. The number of nitrogens with zero attached hydrogens (tertiary/aromatic N) is 3. The van der Waals surface area contributed by atoms with Gasteiger partial charge in [-0.25, -0.2) is 9.78 Å². The molecule has 0 amide bonds. The van der Waals surface area contributed by atoms with Crippen molar-refractivity contribution in [2.75, 3.05) is 17.2 Å². The van der Waals surface area contributed by atoms with Gasteiger partial charge in [0.25, 0.3) is 0 Å². The summed E-state index contributed by atoms with van der Waals surface area (Å²) in [6.07, 6.45) is -0.376. The molecule has 1 aromatic heterocycles. The Morgan fingerprint density at radius 1 is 1.02 bits per heavy atom. The lowest BCUT2D eigenvalue weighted by Gasteiger charge is -2.29. The number of nitrogens with one attached hydrogen (secondary N) is 3. The van der Waals surface area contributed by atoms with Crippen LogP contribution in [0.2, 0.25) is 0 Å². The summed E-state index contributed by atoms with van der Waals surface area (Å²) >= 11 is 0. The van der Waals surface area contributed by atoms with Crippen molar-refractivity contribution in [1.29, 1.82) is 0 Å². The standard InChI is InChI=1S/C27H29F3N6O5/c28-27(29,30)41-23-8-4-2-6-19(23)15-33-26-34-16-22(36(39)40)24(35-26)32-13-17-9-11-20(12-10-17)31-14-18-5-1-3-7-21(18)25(37)38/h1-8,16-17,20,31H,9-15H2,(H,37,38)(H2,32,33,34,35)/t17-,20-. The fourth-order valence-electron chi connectivity index (χ4n) is 4.72. The molecule has 14 heteroatoms. The molecule has 1 fully saturated rings. The van der Waals surface area contributed by atoms with Crippen molar-refractivity contribution in [2.24, 2.45) is 5.92 Å². The predicted octanol–water partition coefficient (Wildman–Crippen LogP) is 5.35. The van der Waals surface area contributed by atoms with Crippen LogP contribution < -0.4 is 20.7 Å². The molecule has 0 spiro atoms. The molecule has 1 aliphatic rings. The average molecular weight is 575 g/mol. The number of aromatic nitrogens is 2. The molecule has 0 unspecified atom stereocenters. The molecule has 0 atom stereocenters. The number of ether oxygens (including phenoxy) is 1. The summed E-state index contributed by atoms with van der Waals surface area (Å²) in [5, 5.41) is 30.2. The topological polar surface area (TPSA) is 152 Å². The van der Waals surface area contributed by atoms with Crippen molar-refractivity contribution in [3.63, 3.8) is 0 Å². The molecule has 3 aromatic rings. The van der Waals surface area contributed by atoms with Gasteiger partial charge in [-0.15, -0.1) is 13.2 Å². The number of hydrogen-bond donors (Lipinski definition) is 4. The van der Waals surface area contributed by atoms with Crippen molar-refractivity contribution >= 4 is 23.4 Å². The lowest BCUT2D eigenvalue weighted by atomic mass is 9.86. The first-order valence-corrected chi connectivity index (χ1v) is 13.0. The number of para-hydroxylation sites is 1. The van der Waals surface area contributed by atoms with Crippen molar-refractivity contribution in [3.8, 4) is 5.75 Å². The number of nitro groups is 1. The van der Waals surface area contributed by atoms with Gasteiger partial charge in [-0.05, 0) is 49.3 Å². The van der Waals surface area contributed by atoms with Gasteiger partial charge < -0.3 is 25.8 Å². The Morgan fingerprint density at radius 2 is 1.71 bits per heavy atom. The lowest BCUT2D eigenvalue weighted by Crippen LogP contribution is -2.34. The highest BCUT2D eigenvalue weighted by molar-refractivity contribution is 5.89. The van der Waals surface area contributed by atoms with Crippen LogP contribution in [0.3, 0.4) is 0 Å². The number of alkyl halides is 3. The van der Waals surface area contributed by atoms with E-state index in [1.165, 1.54) is 18.2 Å². The molecule has 0 aliphatic heterocycles.